The van der Waals surface area contributed by atoms with E-state index in [1.807, 2.05) is 4.90 Å². The van der Waals surface area contributed by atoms with E-state index in [-0.39, 0.29) is 11.5 Å². The summed E-state index contributed by atoms with van der Waals surface area (Å²) < 4.78 is 45.7. The van der Waals surface area contributed by atoms with Gasteiger partial charge in [-0.2, -0.15) is 21.9 Å². The summed E-state index contributed by atoms with van der Waals surface area (Å²) in [6.07, 6.45) is -2.72. The minimum Gasteiger partial charge on any atom is -0.351 e. The second-order valence-corrected chi connectivity index (χ2v) is 5.68. The summed E-state index contributed by atoms with van der Waals surface area (Å²) in [6.45, 7) is 2.24. The highest BCUT2D eigenvalue weighted by Crippen LogP contribution is 2.29. The molecule has 1 saturated heterocycles. The van der Waals surface area contributed by atoms with Gasteiger partial charge in [0.25, 0.3) is 5.91 Å². The first kappa shape index (κ1) is 15.7. The van der Waals surface area contributed by atoms with Crippen LogP contribution in [0, 0.1) is 0 Å². The highest BCUT2D eigenvalue weighted by molar-refractivity contribution is 6.99. The van der Waals surface area contributed by atoms with Crippen LogP contribution >= 0.6 is 11.7 Å². The molecule has 1 aromatic carbocycles. The fourth-order valence-corrected chi connectivity index (χ4v) is 2.86. The number of alkyl halides is 3. The molecule has 2 heterocycles. The molecule has 0 saturated carbocycles. The van der Waals surface area contributed by atoms with Crippen molar-refractivity contribution in [1.82, 2.24) is 13.6 Å². The first-order valence-corrected chi connectivity index (χ1v) is 7.67. The number of rotatable bonds is 2. The molecule has 1 amide bonds. The molecule has 1 aromatic heterocycles. The maximum absolute atomic E-state index is 12.5. The van der Waals surface area contributed by atoms with Crippen LogP contribution in [0.15, 0.2) is 30.5 Å². The SMILES string of the molecule is O=C(c1ccc(C(F)(F)F)cc1)N1CCN(c2cnsn2)CC1. The molecule has 1 aliphatic heterocycles. The minimum absolute atomic E-state index is 0.255. The third kappa shape index (κ3) is 3.44. The van der Waals surface area contributed by atoms with Gasteiger partial charge in [-0.05, 0) is 24.3 Å². The number of carbonyl (C=O) groups excluding carboxylic acids is 1. The van der Waals surface area contributed by atoms with E-state index in [0.29, 0.717) is 26.2 Å². The van der Waals surface area contributed by atoms with Gasteiger partial charge in [0.15, 0.2) is 5.82 Å². The average Bonchev–Trinajstić information content (AvgIpc) is 3.08. The molecule has 9 heteroatoms. The van der Waals surface area contributed by atoms with Crippen LogP contribution < -0.4 is 4.90 Å². The number of nitrogens with zero attached hydrogens (tertiary/aromatic N) is 4. The lowest BCUT2D eigenvalue weighted by molar-refractivity contribution is -0.137. The largest absolute Gasteiger partial charge is 0.416 e. The van der Waals surface area contributed by atoms with Crippen molar-refractivity contribution in [3.8, 4) is 0 Å². The van der Waals surface area contributed by atoms with E-state index in [0.717, 1.165) is 29.7 Å². The number of carbonyl (C=O) groups is 1. The highest BCUT2D eigenvalue weighted by atomic mass is 32.1. The molecule has 2 aromatic rings. The monoisotopic (exact) mass is 342 g/mol. The van der Waals surface area contributed by atoms with Gasteiger partial charge < -0.3 is 9.80 Å². The summed E-state index contributed by atoms with van der Waals surface area (Å²) in [5, 5.41) is 0. The van der Waals surface area contributed by atoms with Crippen molar-refractivity contribution < 1.29 is 18.0 Å². The van der Waals surface area contributed by atoms with Crippen molar-refractivity contribution in [2.45, 2.75) is 6.18 Å². The van der Waals surface area contributed by atoms with Crippen LogP contribution in [0.1, 0.15) is 15.9 Å². The summed E-state index contributed by atoms with van der Waals surface area (Å²) in [6, 6.07) is 4.32. The van der Waals surface area contributed by atoms with Gasteiger partial charge in [-0.1, -0.05) is 0 Å². The number of piperazine rings is 1. The van der Waals surface area contributed by atoms with Gasteiger partial charge in [0, 0.05) is 31.7 Å². The molecule has 0 bridgehead atoms. The van der Waals surface area contributed by atoms with Crippen LogP contribution in [0.2, 0.25) is 0 Å². The molecular formula is C14H13F3N4OS. The average molecular weight is 342 g/mol. The second-order valence-electron chi connectivity index (χ2n) is 5.12. The van der Waals surface area contributed by atoms with Gasteiger partial charge in [0.05, 0.1) is 23.5 Å². The predicted molar refractivity (Wildman–Crippen MR) is 79.5 cm³/mol. The number of aromatic nitrogens is 2. The van der Waals surface area contributed by atoms with Gasteiger partial charge in [-0.15, -0.1) is 0 Å². The molecular weight excluding hydrogens is 329 g/mol. The number of benzene rings is 1. The zero-order valence-corrected chi connectivity index (χ0v) is 12.8. The first-order chi connectivity index (χ1) is 10.9. The molecule has 0 radical (unpaired) electrons. The Morgan fingerprint density at radius 1 is 1.09 bits per heavy atom. The van der Waals surface area contributed by atoms with Crippen molar-refractivity contribution >= 4 is 23.5 Å². The summed E-state index contributed by atoms with van der Waals surface area (Å²) in [7, 11) is 0. The molecule has 0 atom stereocenters. The Balaban J connectivity index is 1.63. The molecule has 3 rings (SSSR count). The van der Waals surface area contributed by atoms with Gasteiger partial charge in [-0.25, -0.2) is 0 Å². The molecule has 0 aliphatic carbocycles. The standard InChI is InChI=1S/C14H13F3N4OS/c15-14(16,17)11-3-1-10(2-4-11)13(22)21-7-5-20(6-8-21)12-9-18-23-19-12/h1-4,9H,5-8H2. The van der Waals surface area contributed by atoms with Crippen LogP contribution in [0.4, 0.5) is 19.0 Å². The Kier molecular flexibility index (Phi) is 4.20. The van der Waals surface area contributed by atoms with E-state index in [1.165, 1.54) is 12.1 Å². The van der Waals surface area contributed by atoms with Gasteiger partial charge in [0.2, 0.25) is 0 Å². The normalized spacial score (nSPS) is 15.8. The highest BCUT2D eigenvalue weighted by Gasteiger charge is 2.30. The van der Waals surface area contributed by atoms with E-state index >= 15 is 0 Å². The predicted octanol–water partition coefficient (Wildman–Crippen LogP) is 2.52. The van der Waals surface area contributed by atoms with Crippen molar-refractivity contribution in [2.24, 2.45) is 0 Å². The van der Waals surface area contributed by atoms with E-state index in [4.69, 9.17) is 0 Å². The number of anilines is 1. The number of halogens is 3. The summed E-state index contributed by atoms with van der Waals surface area (Å²) >= 11 is 1.13. The number of hydrogen-bond donors (Lipinski definition) is 0. The Bertz CT molecular complexity index is 664. The Hall–Kier alpha value is -2.16. The lowest BCUT2D eigenvalue weighted by Crippen LogP contribution is -2.48. The fraction of sp³-hybridized carbons (Fsp3) is 0.357. The molecule has 0 spiro atoms. The van der Waals surface area contributed by atoms with Crippen LogP contribution in [-0.2, 0) is 6.18 Å². The maximum atomic E-state index is 12.5. The van der Waals surface area contributed by atoms with Crippen molar-refractivity contribution in [1.29, 1.82) is 0 Å². The topological polar surface area (TPSA) is 49.3 Å². The van der Waals surface area contributed by atoms with Crippen molar-refractivity contribution in [3.05, 3.63) is 41.6 Å². The third-order valence-electron chi connectivity index (χ3n) is 3.70. The third-order valence-corrected chi connectivity index (χ3v) is 4.17. The quantitative estimate of drug-likeness (QED) is 0.841. The minimum atomic E-state index is -4.39. The van der Waals surface area contributed by atoms with Crippen LogP contribution in [-0.4, -0.2) is 45.7 Å². The Morgan fingerprint density at radius 2 is 1.74 bits per heavy atom. The van der Waals surface area contributed by atoms with Gasteiger partial charge in [-0.3, -0.25) is 4.79 Å². The summed E-state index contributed by atoms with van der Waals surface area (Å²) in [5.41, 5.74) is -0.489. The first-order valence-electron chi connectivity index (χ1n) is 6.94. The number of amides is 1. The Morgan fingerprint density at radius 3 is 2.26 bits per heavy atom. The molecule has 23 heavy (non-hydrogen) atoms. The van der Waals surface area contributed by atoms with Crippen LogP contribution in [0.25, 0.3) is 0 Å². The zero-order chi connectivity index (χ0) is 16.4. The van der Waals surface area contributed by atoms with E-state index in [2.05, 4.69) is 8.75 Å². The smallest absolute Gasteiger partial charge is 0.351 e. The van der Waals surface area contributed by atoms with E-state index in [9.17, 15) is 18.0 Å². The molecule has 0 unspecified atom stereocenters. The van der Waals surface area contributed by atoms with Crippen molar-refractivity contribution in [3.63, 3.8) is 0 Å². The molecule has 5 nitrogen and oxygen atoms in total. The lowest BCUT2D eigenvalue weighted by Gasteiger charge is -2.34. The van der Waals surface area contributed by atoms with Crippen LogP contribution in [0.5, 0.6) is 0 Å². The van der Waals surface area contributed by atoms with Gasteiger partial charge in [0.1, 0.15) is 0 Å². The summed E-state index contributed by atoms with van der Waals surface area (Å²) in [5.74, 6) is 0.534. The molecule has 0 N–H and O–H groups in total. The van der Waals surface area contributed by atoms with Crippen molar-refractivity contribution in [2.75, 3.05) is 31.1 Å². The van der Waals surface area contributed by atoms with E-state index in [1.54, 1.807) is 11.1 Å². The molecule has 1 aliphatic rings. The molecule has 122 valence electrons. The van der Waals surface area contributed by atoms with E-state index < -0.39 is 11.7 Å². The maximum Gasteiger partial charge on any atom is 0.416 e. The van der Waals surface area contributed by atoms with Gasteiger partial charge >= 0.3 is 6.18 Å². The summed E-state index contributed by atoms with van der Waals surface area (Å²) in [4.78, 5) is 16.0. The lowest BCUT2D eigenvalue weighted by atomic mass is 10.1. The second kappa shape index (κ2) is 6.15. The number of hydrogen-bond acceptors (Lipinski definition) is 5. The molecule has 1 fully saturated rings. The van der Waals surface area contributed by atoms with Crippen LogP contribution in [0.3, 0.4) is 0 Å². The fourth-order valence-electron chi connectivity index (χ4n) is 2.42. The zero-order valence-electron chi connectivity index (χ0n) is 12.0. The Labute approximate surface area is 134 Å².